The Hall–Kier alpha value is -1.22. The number of hydrogen-bond acceptors (Lipinski definition) is 3. The highest BCUT2D eigenvalue weighted by Crippen LogP contribution is 2.29. The predicted octanol–water partition coefficient (Wildman–Crippen LogP) is 2.76. The monoisotopic (exact) mass is 248 g/mol. The van der Waals surface area contributed by atoms with Crippen molar-refractivity contribution in [1.29, 1.82) is 0 Å². The second-order valence-electron chi connectivity index (χ2n) is 5.63. The SMILES string of the molecule is CC(C)Oc1ccc2c(c1)CCC(CN(C)C)N2. The Morgan fingerprint density at radius 3 is 2.83 bits per heavy atom. The molecule has 0 aromatic heterocycles. The number of likely N-dealkylation sites (N-methyl/N-ethyl adjacent to an activating group) is 1. The Kier molecular flexibility index (Phi) is 4.12. The lowest BCUT2D eigenvalue weighted by atomic mass is 9.97. The molecule has 0 amide bonds. The molecular weight excluding hydrogens is 224 g/mol. The smallest absolute Gasteiger partial charge is 0.120 e. The van der Waals surface area contributed by atoms with Gasteiger partial charge < -0.3 is 15.0 Å². The molecule has 100 valence electrons. The van der Waals surface area contributed by atoms with Crippen LogP contribution >= 0.6 is 0 Å². The first-order chi connectivity index (χ1) is 8.54. The van der Waals surface area contributed by atoms with Crippen LogP contribution in [0.5, 0.6) is 5.75 Å². The number of hydrogen-bond donors (Lipinski definition) is 1. The summed E-state index contributed by atoms with van der Waals surface area (Å²) in [7, 11) is 4.24. The van der Waals surface area contributed by atoms with Crippen molar-refractivity contribution in [2.75, 3.05) is 26.0 Å². The molecule has 1 atom stereocenters. The van der Waals surface area contributed by atoms with E-state index >= 15 is 0 Å². The average Bonchev–Trinajstić information content (AvgIpc) is 2.27. The van der Waals surface area contributed by atoms with Crippen molar-refractivity contribution >= 4 is 5.69 Å². The summed E-state index contributed by atoms with van der Waals surface area (Å²) < 4.78 is 5.74. The van der Waals surface area contributed by atoms with Crippen LogP contribution in [0.15, 0.2) is 18.2 Å². The van der Waals surface area contributed by atoms with Gasteiger partial charge in [0.2, 0.25) is 0 Å². The highest BCUT2D eigenvalue weighted by Gasteiger charge is 2.18. The van der Waals surface area contributed by atoms with Crippen molar-refractivity contribution in [2.24, 2.45) is 0 Å². The normalized spacial score (nSPS) is 18.7. The number of anilines is 1. The first-order valence-corrected chi connectivity index (χ1v) is 6.75. The third-order valence-corrected chi connectivity index (χ3v) is 3.16. The molecule has 1 aliphatic heterocycles. The molecule has 0 radical (unpaired) electrons. The van der Waals surface area contributed by atoms with Crippen molar-refractivity contribution in [3.63, 3.8) is 0 Å². The molecule has 0 saturated heterocycles. The number of ether oxygens (including phenoxy) is 1. The van der Waals surface area contributed by atoms with Gasteiger partial charge in [-0.05, 0) is 64.5 Å². The molecule has 1 unspecified atom stereocenters. The Labute approximate surface area is 110 Å². The summed E-state index contributed by atoms with van der Waals surface area (Å²) in [5.74, 6) is 0.983. The van der Waals surface area contributed by atoms with Crippen molar-refractivity contribution in [1.82, 2.24) is 4.90 Å². The standard InChI is InChI=1S/C15H24N2O/c1-11(2)18-14-7-8-15-12(9-14)5-6-13(16-15)10-17(3)4/h7-9,11,13,16H,5-6,10H2,1-4H3. The van der Waals surface area contributed by atoms with E-state index in [1.807, 2.05) is 0 Å². The molecule has 2 rings (SSSR count). The molecular formula is C15H24N2O. The Bertz CT molecular complexity index is 401. The quantitative estimate of drug-likeness (QED) is 0.886. The molecule has 0 bridgehead atoms. The maximum Gasteiger partial charge on any atom is 0.120 e. The van der Waals surface area contributed by atoms with Crippen LogP contribution in [0, 0.1) is 0 Å². The summed E-state index contributed by atoms with van der Waals surface area (Å²) in [4.78, 5) is 2.24. The van der Waals surface area contributed by atoms with Crippen LogP contribution in [0.3, 0.4) is 0 Å². The highest BCUT2D eigenvalue weighted by molar-refractivity contribution is 5.56. The number of nitrogens with zero attached hydrogens (tertiary/aromatic N) is 1. The van der Waals surface area contributed by atoms with Gasteiger partial charge in [-0.3, -0.25) is 0 Å². The van der Waals surface area contributed by atoms with Crippen LogP contribution in [-0.2, 0) is 6.42 Å². The van der Waals surface area contributed by atoms with Crippen LogP contribution in [0.2, 0.25) is 0 Å². The zero-order valence-corrected chi connectivity index (χ0v) is 11.9. The molecule has 3 nitrogen and oxygen atoms in total. The largest absolute Gasteiger partial charge is 0.491 e. The molecule has 0 aliphatic carbocycles. The summed E-state index contributed by atoms with van der Waals surface area (Å²) in [6.45, 7) is 5.21. The summed E-state index contributed by atoms with van der Waals surface area (Å²) in [6, 6.07) is 6.94. The van der Waals surface area contributed by atoms with E-state index in [0.717, 1.165) is 18.7 Å². The number of fused-ring (bicyclic) bond motifs is 1. The van der Waals surface area contributed by atoms with E-state index in [0.29, 0.717) is 6.04 Å². The summed E-state index contributed by atoms with van der Waals surface area (Å²) in [5, 5.41) is 3.61. The molecule has 0 fully saturated rings. The molecule has 0 saturated carbocycles. The average molecular weight is 248 g/mol. The molecule has 1 aromatic carbocycles. The van der Waals surface area contributed by atoms with Crippen LogP contribution < -0.4 is 10.1 Å². The van der Waals surface area contributed by atoms with Crippen LogP contribution in [0.4, 0.5) is 5.69 Å². The van der Waals surface area contributed by atoms with Crippen molar-refractivity contribution in [2.45, 2.75) is 38.8 Å². The van der Waals surface area contributed by atoms with Gasteiger partial charge in [-0.25, -0.2) is 0 Å². The van der Waals surface area contributed by atoms with E-state index in [2.05, 4.69) is 56.4 Å². The molecule has 1 aromatic rings. The lowest BCUT2D eigenvalue weighted by Gasteiger charge is -2.29. The fraction of sp³-hybridized carbons (Fsp3) is 0.600. The number of rotatable bonds is 4. The third kappa shape index (κ3) is 3.39. The van der Waals surface area contributed by atoms with Gasteiger partial charge in [-0.15, -0.1) is 0 Å². The van der Waals surface area contributed by atoms with Gasteiger partial charge in [-0.1, -0.05) is 0 Å². The molecule has 18 heavy (non-hydrogen) atoms. The molecule has 0 spiro atoms. The van der Waals surface area contributed by atoms with Gasteiger partial charge in [0, 0.05) is 18.3 Å². The van der Waals surface area contributed by atoms with Crippen molar-refractivity contribution in [3.05, 3.63) is 23.8 Å². The number of nitrogens with one attached hydrogen (secondary N) is 1. The lowest BCUT2D eigenvalue weighted by Crippen LogP contribution is -2.35. The predicted molar refractivity (Wildman–Crippen MR) is 76.5 cm³/mol. The molecule has 3 heteroatoms. The second-order valence-corrected chi connectivity index (χ2v) is 5.63. The Balaban J connectivity index is 2.06. The van der Waals surface area contributed by atoms with Crippen LogP contribution in [-0.4, -0.2) is 37.7 Å². The lowest BCUT2D eigenvalue weighted by molar-refractivity contribution is 0.242. The first-order valence-electron chi connectivity index (χ1n) is 6.75. The topological polar surface area (TPSA) is 24.5 Å². The van der Waals surface area contributed by atoms with Gasteiger partial charge in [0.05, 0.1) is 6.10 Å². The Morgan fingerprint density at radius 2 is 2.17 bits per heavy atom. The highest BCUT2D eigenvalue weighted by atomic mass is 16.5. The minimum absolute atomic E-state index is 0.237. The van der Waals surface area contributed by atoms with Gasteiger partial charge in [-0.2, -0.15) is 0 Å². The minimum Gasteiger partial charge on any atom is -0.491 e. The zero-order chi connectivity index (χ0) is 13.1. The summed E-state index contributed by atoms with van der Waals surface area (Å²) in [6.07, 6.45) is 2.56. The van der Waals surface area contributed by atoms with Gasteiger partial charge in [0.15, 0.2) is 0 Å². The first kappa shape index (κ1) is 13.2. The Morgan fingerprint density at radius 1 is 1.39 bits per heavy atom. The van der Waals surface area contributed by atoms with E-state index in [1.165, 1.54) is 17.7 Å². The van der Waals surface area contributed by atoms with Gasteiger partial charge in [0.25, 0.3) is 0 Å². The molecule has 1 aliphatic rings. The van der Waals surface area contributed by atoms with Crippen molar-refractivity contribution < 1.29 is 4.74 Å². The van der Waals surface area contributed by atoms with Crippen LogP contribution in [0.25, 0.3) is 0 Å². The number of aryl methyl sites for hydroxylation is 1. The zero-order valence-electron chi connectivity index (χ0n) is 11.9. The van der Waals surface area contributed by atoms with E-state index in [9.17, 15) is 0 Å². The fourth-order valence-electron chi connectivity index (χ4n) is 2.46. The second kappa shape index (κ2) is 5.61. The van der Waals surface area contributed by atoms with E-state index in [1.54, 1.807) is 0 Å². The van der Waals surface area contributed by atoms with E-state index in [4.69, 9.17) is 4.74 Å². The number of benzene rings is 1. The van der Waals surface area contributed by atoms with Crippen molar-refractivity contribution in [3.8, 4) is 5.75 Å². The van der Waals surface area contributed by atoms with Gasteiger partial charge >= 0.3 is 0 Å². The van der Waals surface area contributed by atoms with Gasteiger partial charge in [0.1, 0.15) is 5.75 Å². The third-order valence-electron chi connectivity index (χ3n) is 3.16. The molecule has 1 heterocycles. The summed E-state index contributed by atoms with van der Waals surface area (Å²) in [5.41, 5.74) is 2.65. The minimum atomic E-state index is 0.237. The van der Waals surface area contributed by atoms with Crippen LogP contribution in [0.1, 0.15) is 25.8 Å². The van der Waals surface area contributed by atoms with E-state index in [-0.39, 0.29) is 6.10 Å². The maximum absolute atomic E-state index is 5.74. The fourth-order valence-corrected chi connectivity index (χ4v) is 2.46. The molecule has 1 N–H and O–H groups in total. The summed E-state index contributed by atoms with van der Waals surface area (Å²) >= 11 is 0. The van der Waals surface area contributed by atoms with E-state index < -0.39 is 0 Å². The maximum atomic E-state index is 5.74.